The molecular weight excluding hydrogens is 348 g/mol. The number of carbonyl (C=O) groups is 1. The number of anilines is 2. The van der Waals surface area contributed by atoms with Gasteiger partial charge in [-0.15, -0.1) is 0 Å². The van der Waals surface area contributed by atoms with Gasteiger partial charge in [0, 0.05) is 43.9 Å². The summed E-state index contributed by atoms with van der Waals surface area (Å²) in [7, 11) is 1.59. The number of hydrogen-bond donors (Lipinski definition) is 1. The van der Waals surface area contributed by atoms with E-state index in [4.69, 9.17) is 14.2 Å². The van der Waals surface area contributed by atoms with Gasteiger partial charge in [0.2, 0.25) is 5.95 Å². The van der Waals surface area contributed by atoms with Crippen LogP contribution in [0.4, 0.5) is 11.6 Å². The van der Waals surface area contributed by atoms with E-state index < -0.39 is 5.79 Å². The van der Waals surface area contributed by atoms with Crippen molar-refractivity contribution in [3.63, 3.8) is 0 Å². The van der Waals surface area contributed by atoms with Gasteiger partial charge in [-0.1, -0.05) is 6.07 Å². The van der Waals surface area contributed by atoms with E-state index in [9.17, 15) is 4.79 Å². The summed E-state index contributed by atoms with van der Waals surface area (Å²) in [5, 5.41) is 2.83. The molecule has 1 N–H and O–H groups in total. The topological polar surface area (TPSA) is 85.8 Å². The van der Waals surface area contributed by atoms with Gasteiger partial charge in [0.25, 0.3) is 5.91 Å². The van der Waals surface area contributed by atoms with Gasteiger partial charge in [0.15, 0.2) is 5.79 Å². The maximum atomic E-state index is 12.6. The highest BCUT2D eigenvalue weighted by Crippen LogP contribution is 2.32. The van der Waals surface area contributed by atoms with Gasteiger partial charge in [-0.25, -0.2) is 9.97 Å². The molecule has 142 valence electrons. The number of rotatable bonds is 4. The number of piperidine rings is 1. The molecule has 27 heavy (non-hydrogen) atoms. The third-order valence-electron chi connectivity index (χ3n) is 4.82. The summed E-state index contributed by atoms with van der Waals surface area (Å²) in [6.45, 7) is 2.74. The summed E-state index contributed by atoms with van der Waals surface area (Å²) in [5.74, 6) is 0.483. The Kier molecular flexibility index (Phi) is 4.91. The minimum absolute atomic E-state index is 0.289. The largest absolute Gasteiger partial charge is 0.497 e. The monoisotopic (exact) mass is 370 g/mol. The highest BCUT2D eigenvalue weighted by atomic mass is 16.7. The molecule has 8 nitrogen and oxygen atoms in total. The molecule has 4 rings (SSSR count). The molecule has 0 unspecified atom stereocenters. The van der Waals surface area contributed by atoms with Crippen molar-refractivity contribution in [1.29, 1.82) is 0 Å². The maximum absolute atomic E-state index is 12.6. The predicted octanol–water partition coefficient (Wildman–Crippen LogP) is 2.08. The normalized spacial score (nSPS) is 18.5. The van der Waals surface area contributed by atoms with Crippen LogP contribution in [0.3, 0.4) is 0 Å². The average molecular weight is 370 g/mol. The first-order valence-electron chi connectivity index (χ1n) is 8.99. The summed E-state index contributed by atoms with van der Waals surface area (Å²) in [6.07, 6.45) is 3.13. The van der Waals surface area contributed by atoms with E-state index >= 15 is 0 Å². The fraction of sp³-hybridized carbons (Fsp3) is 0.421. The van der Waals surface area contributed by atoms with Gasteiger partial charge in [0.1, 0.15) is 11.4 Å². The van der Waals surface area contributed by atoms with Crippen molar-refractivity contribution in [3.8, 4) is 5.75 Å². The third kappa shape index (κ3) is 3.86. The number of carbonyl (C=O) groups excluding carboxylic acids is 1. The smallest absolute Gasteiger partial charge is 0.274 e. The van der Waals surface area contributed by atoms with Crippen molar-refractivity contribution in [1.82, 2.24) is 9.97 Å². The molecule has 8 heteroatoms. The third-order valence-corrected chi connectivity index (χ3v) is 4.82. The molecule has 1 aromatic carbocycles. The van der Waals surface area contributed by atoms with E-state index in [0.29, 0.717) is 36.3 Å². The van der Waals surface area contributed by atoms with Gasteiger partial charge >= 0.3 is 0 Å². The van der Waals surface area contributed by atoms with Crippen LogP contribution < -0.4 is 15.0 Å². The number of aromatic nitrogens is 2. The molecule has 0 bridgehead atoms. The Bertz CT molecular complexity index is 813. The summed E-state index contributed by atoms with van der Waals surface area (Å²) in [6, 6.07) is 8.80. The highest BCUT2D eigenvalue weighted by molar-refractivity contribution is 6.03. The van der Waals surface area contributed by atoms with Gasteiger partial charge in [0.05, 0.1) is 20.3 Å². The predicted molar refractivity (Wildman–Crippen MR) is 99.1 cm³/mol. The van der Waals surface area contributed by atoms with Crippen LogP contribution in [0.15, 0.2) is 36.5 Å². The maximum Gasteiger partial charge on any atom is 0.274 e. The quantitative estimate of drug-likeness (QED) is 0.882. The fourth-order valence-electron chi connectivity index (χ4n) is 3.36. The van der Waals surface area contributed by atoms with E-state index in [0.717, 1.165) is 25.9 Å². The van der Waals surface area contributed by atoms with E-state index in [1.165, 1.54) is 0 Å². The van der Waals surface area contributed by atoms with Crippen molar-refractivity contribution < 1.29 is 19.0 Å². The van der Waals surface area contributed by atoms with Crippen molar-refractivity contribution in [2.45, 2.75) is 18.6 Å². The number of benzene rings is 1. The van der Waals surface area contributed by atoms with Crippen LogP contribution >= 0.6 is 0 Å². The number of nitrogens with zero attached hydrogens (tertiary/aromatic N) is 3. The number of nitrogens with one attached hydrogen (secondary N) is 1. The van der Waals surface area contributed by atoms with Gasteiger partial charge in [-0.05, 0) is 18.2 Å². The molecule has 2 aliphatic rings. The Hall–Kier alpha value is -2.71. The Labute approximate surface area is 157 Å². The molecular formula is C19H22N4O4. The molecule has 2 aliphatic heterocycles. The SMILES string of the molecule is COc1cccc(NC(=O)c2ccnc(N3CCC4(CC3)OCCO4)n2)c1. The standard InChI is InChI=1S/C19H22N4O4/c1-25-15-4-2-3-14(13-15)21-17(24)16-5-8-20-18(22-16)23-9-6-19(7-10-23)26-11-12-27-19/h2-5,8,13H,6-7,9-12H2,1H3,(H,21,24). The average Bonchev–Trinajstić information content (AvgIpc) is 3.16. The first-order chi connectivity index (χ1) is 13.2. The van der Waals surface area contributed by atoms with E-state index in [1.54, 1.807) is 31.5 Å². The van der Waals surface area contributed by atoms with Crippen LogP contribution in [0.25, 0.3) is 0 Å². The molecule has 1 aromatic heterocycles. The Morgan fingerprint density at radius 1 is 1.22 bits per heavy atom. The van der Waals surface area contributed by atoms with Crippen LogP contribution in [0.2, 0.25) is 0 Å². The lowest BCUT2D eigenvalue weighted by atomic mass is 10.0. The highest BCUT2D eigenvalue weighted by Gasteiger charge is 2.40. The van der Waals surface area contributed by atoms with Crippen molar-refractivity contribution in [2.24, 2.45) is 0 Å². The zero-order valence-electron chi connectivity index (χ0n) is 15.2. The lowest BCUT2D eigenvalue weighted by Gasteiger charge is -2.37. The van der Waals surface area contributed by atoms with Crippen LogP contribution in [0, 0.1) is 0 Å². The van der Waals surface area contributed by atoms with Gasteiger partial charge in [-0.3, -0.25) is 4.79 Å². The molecule has 2 aromatic rings. The Morgan fingerprint density at radius 2 is 2.00 bits per heavy atom. The zero-order valence-corrected chi connectivity index (χ0v) is 15.2. The molecule has 2 fully saturated rings. The molecule has 0 radical (unpaired) electrons. The zero-order chi connectivity index (χ0) is 18.7. The molecule has 3 heterocycles. The molecule has 0 saturated carbocycles. The van der Waals surface area contributed by atoms with Crippen molar-refractivity contribution >= 4 is 17.5 Å². The molecule has 1 amide bonds. The van der Waals surface area contributed by atoms with E-state index in [2.05, 4.69) is 20.2 Å². The lowest BCUT2D eigenvalue weighted by molar-refractivity contribution is -0.169. The van der Waals surface area contributed by atoms with Crippen LogP contribution in [0.5, 0.6) is 5.75 Å². The number of methoxy groups -OCH3 is 1. The fourth-order valence-corrected chi connectivity index (χ4v) is 3.36. The first-order valence-corrected chi connectivity index (χ1v) is 8.99. The number of amides is 1. The van der Waals surface area contributed by atoms with Crippen LogP contribution in [-0.2, 0) is 9.47 Å². The minimum Gasteiger partial charge on any atom is -0.497 e. The second kappa shape index (κ2) is 7.50. The molecule has 1 spiro atoms. The molecule has 2 saturated heterocycles. The Balaban J connectivity index is 1.43. The first kappa shape index (κ1) is 17.7. The Morgan fingerprint density at radius 3 is 2.74 bits per heavy atom. The van der Waals surface area contributed by atoms with Crippen LogP contribution in [-0.4, -0.2) is 55.1 Å². The van der Waals surface area contributed by atoms with E-state index in [1.807, 2.05) is 12.1 Å². The molecule has 0 atom stereocenters. The number of ether oxygens (including phenoxy) is 3. The molecule has 0 aliphatic carbocycles. The lowest BCUT2D eigenvalue weighted by Crippen LogP contribution is -2.45. The second-order valence-electron chi connectivity index (χ2n) is 6.52. The minimum atomic E-state index is -0.447. The van der Waals surface area contributed by atoms with Gasteiger partial charge in [-0.2, -0.15) is 0 Å². The van der Waals surface area contributed by atoms with E-state index in [-0.39, 0.29) is 5.91 Å². The van der Waals surface area contributed by atoms with Crippen LogP contribution in [0.1, 0.15) is 23.3 Å². The number of hydrogen-bond acceptors (Lipinski definition) is 7. The second-order valence-corrected chi connectivity index (χ2v) is 6.52. The summed E-state index contributed by atoms with van der Waals surface area (Å²) < 4.78 is 16.7. The summed E-state index contributed by atoms with van der Waals surface area (Å²) in [4.78, 5) is 23.4. The van der Waals surface area contributed by atoms with Gasteiger partial charge < -0.3 is 24.4 Å². The van der Waals surface area contributed by atoms with Crippen molar-refractivity contribution in [2.75, 3.05) is 43.6 Å². The summed E-state index contributed by atoms with van der Waals surface area (Å²) >= 11 is 0. The van der Waals surface area contributed by atoms with Crippen molar-refractivity contribution in [3.05, 3.63) is 42.2 Å². The summed E-state index contributed by atoms with van der Waals surface area (Å²) in [5.41, 5.74) is 0.964.